The van der Waals surface area contributed by atoms with Crippen molar-refractivity contribution in [2.45, 2.75) is 13.5 Å². The summed E-state index contributed by atoms with van der Waals surface area (Å²) >= 11 is 1.50. The Bertz CT molecular complexity index is 866. The van der Waals surface area contributed by atoms with Crippen LogP contribution >= 0.6 is 11.3 Å². The van der Waals surface area contributed by atoms with E-state index < -0.39 is 11.5 Å². The number of benzene rings is 1. The molecule has 1 amide bonds. The predicted octanol–water partition coefficient (Wildman–Crippen LogP) is 2.49. The lowest BCUT2D eigenvalue weighted by atomic mass is 10.2. The predicted molar refractivity (Wildman–Crippen MR) is 80.5 cm³/mol. The molecule has 5 nitrogen and oxygen atoms in total. The highest BCUT2D eigenvalue weighted by Gasteiger charge is 2.13. The van der Waals surface area contributed by atoms with Crippen molar-refractivity contribution in [1.82, 2.24) is 10.3 Å². The van der Waals surface area contributed by atoms with E-state index in [1.807, 2.05) is 13.0 Å². The minimum atomic E-state index is -0.637. The molecule has 0 saturated heterocycles. The number of thiazole rings is 1. The van der Waals surface area contributed by atoms with E-state index in [-0.39, 0.29) is 5.56 Å². The smallest absolute Gasteiger partial charge is 0.349 e. The lowest BCUT2D eigenvalue weighted by Crippen LogP contribution is -2.27. The molecule has 0 aliphatic heterocycles. The summed E-state index contributed by atoms with van der Waals surface area (Å²) in [4.78, 5) is 29.2. The molecule has 21 heavy (non-hydrogen) atoms. The molecule has 1 aromatic carbocycles. The third-order valence-corrected chi connectivity index (χ3v) is 3.87. The quantitative estimate of drug-likeness (QED) is 0.754. The normalized spacial score (nSPS) is 10.7. The number of para-hydroxylation sites is 1. The third-order valence-electron chi connectivity index (χ3n) is 2.96. The van der Waals surface area contributed by atoms with Gasteiger partial charge in [0.15, 0.2) is 0 Å². The van der Waals surface area contributed by atoms with Gasteiger partial charge < -0.3 is 9.73 Å². The molecule has 6 heteroatoms. The SMILES string of the molecule is Cc1cnc(CNC(=O)c2cc3ccccc3oc2=O)s1. The number of fused-ring (bicyclic) bond motifs is 1. The molecule has 0 spiro atoms. The van der Waals surface area contributed by atoms with Crippen molar-refractivity contribution in [2.75, 3.05) is 0 Å². The van der Waals surface area contributed by atoms with Gasteiger partial charge in [-0.2, -0.15) is 0 Å². The van der Waals surface area contributed by atoms with Crippen LogP contribution in [0.4, 0.5) is 0 Å². The van der Waals surface area contributed by atoms with E-state index in [0.717, 1.165) is 9.88 Å². The Labute approximate surface area is 124 Å². The van der Waals surface area contributed by atoms with Gasteiger partial charge in [0.05, 0.1) is 6.54 Å². The zero-order valence-electron chi connectivity index (χ0n) is 11.3. The molecule has 2 heterocycles. The lowest BCUT2D eigenvalue weighted by Gasteiger charge is -2.03. The van der Waals surface area contributed by atoms with Crippen LogP contribution in [0.1, 0.15) is 20.2 Å². The van der Waals surface area contributed by atoms with Crippen LogP contribution in [0.15, 0.2) is 45.7 Å². The number of aromatic nitrogens is 1. The molecule has 1 N–H and O–H groups in total. The van der Waals surface area contributed by atoms with E-state index in [9.17, 15) is 9.59 Å². The number of carbonyl (C=O) groups is 1. The summed E-state index contributed by atoms with van der Waals surface area (Å²) in [6.07, 6.45) is 1.75. The van der Waals surface area contributed by atoms with Crippen LogP contribution < -0.4 is 10.9 Å². The fourth-order valence-electron chi connectivity index (χ4n) is 1.95. The van der Waals surface area contributed by atoms with E-state index in [2.05, 4.69) is 10.3 Å². The fraction of sp³-hybridized carbons (Fsp3) is 0.133. The number of nitrogens with zero attached hydrogens (tertiary/aromatic N) is 1. The molecular weight excluding hydrogens is 288 g/mol. The average molecular weight is 300 g/mol. The second kappa shape index (κ2) is 5.49. The van der Waals surface area contributed by atoms with Gasteiger partial charge in [0.1, 0.15) is 16.2 Å². The number of hydrogen-bond acceptors (Lipinski definition) is 5. The van der Waals surface area contributed by atoms with Gasteiger partial charge in [-0.15, -0.1) is 11.3 Å². The first kappa shape index (κ1) is 13.5. The zero-order valence-corrected chi connectivity index (χ0v) is 12.1. The molecule has 0 bridgehead atoms. The lowest BCUT2D eigenvalue weighted by molar-refractivity contribution is 0.0947. The van der Waals surface area contributed by atoms with Crippen molar-refractivity contribution in [1.29, 1.82) is 0 Å². The highest BCUT2D eigenvalue weighted by Crippen LogP contribution is 2.13. The van der Waals surface area contributed by atoms with Crippen molar-refractivity contribution in [3.63, 3.8) is 0 Å². The molecule has 0 atom stereocenters. The Hall–Kier alpha value is -2.47. The topological polar surface area (TPSA) is 72.2 Å². The van der Waals surface area contributed by atoms with Crippen LogP contribution in [-0.2, 0) is 6.54 Å². The zero-order chi connectivity index (χ0) is 14.8. The van der Waals surface area contributed by atoms with Crippen molar-refractivity contribution in [3.05, 3.63) is 62.4 Å². The Morgan fingerprint density at radius 2 is 2.19 bits per heavy atom. The number of rotatable bonds is 3. The first-order valence-corrected chi connectivity index (χ1v) is 7.17. The Kier molecular flexibility index (Phi) is 3.53. The van der Waals surface area contributed by atoms with E-state index in [0.29, 0.717) is 17.5 Å². The van der Waals surface area contributed by atoms with Crippen LogP contribution in [0.25, 0.3) is 11.0 Å². The highest BCUT2D eigenvalue weighted by molar-refractivity contribution is 7.11. The summed E-state index contributed by atoms with van der Waals surface area (Å²) in [5.74, 6) is -0.456. The van der Waals surface area contributed by atoms with E-state index in [1.54, 1.807) is 30.5 Å². The van der Waals surface area contributed by atoms with Gasteiger partial charge in [0.25, 0.3) is 5.91 Å². The van der Waals surface area contributed by atoms with Gasteiger partial charge in [-0.3, -0.25) is 4.79 Å². The van der Waals surface area contributed by atoms with Crippen LogP contribution in [0.2, 0.25) is 0 Å². The second-order valence-electron chi connectivity index (χ2n) is 4.53. The first-order valence-electron chi connectivity index (χ1n) is 6.36. The Morgan fingerprint density at radius 3 is 2.95 bits per heavy atom. The summed E-state index contributed by atoms with van der Waals surface area (Å²) in [5, 5.41) is 4.20. The van der Waals surface area contributed by atoms with Gasteiger partial charge in [-0.25, -0.2) is 9.78 Å². The van der Waals surface area contributed by atoms with Gasteiger partial charge in [-0.1, -0.05) is 18.2 Å². The molecule has 3 aromatic rings. The maximum Gasteiger partial charge on any atom is 0.349 e. The summed E-state index contributed by atoms with van der Waals surface area (Å²) in [7, 11) is 0. The minimum absolute atomic E-state index is 0.00183. The Balaban J connectivity index is 1.84. The van der Waals surface area contributed by atoms with Gasteiger partial charge >= 0.3 is 5.63 Å². The standard InChI is InChI=1S/C15H12N2O3S/c1-9-7-16-13(21-9)8-17-14(18)11-6-10-4-2-3-5-12(10)20-15(11)19/h2-7H,8H2,1H3,(H,17,18). The fourth-order valence-corrected chi connectivity index (χ4v) is 2.68. The number of amides is 1. The number of nitrogens with one attached hydrogen (secondary N) is 1. The summed E-state index contributed by atoms with van der Waals surface area (Å²) < 4.78 is 5.14. The van der Waals surface area contributed by atoms with Crippen molar-refractivity contribution >= 4 is 28.2 Å². The van der Waals surface area contributed by atoms with Crippen LogP contribution in [0.3, 0.4) is 0 Å². The number of aryl methyl sites for hydroxylation is 1. The maximum absolute atomic E-state index is 12.1. The monoisotopic (exact) mass is 300 g/mol. The third kappa shape index (κ3) is 2.85. The van der Waals surface area contributed by atoms with Gasteiger partial charge in [0.2, 0.25) is 0 Å². The maximum atomic E-state index is 12.1. The largest absolute Gasteiger partial charge is 0.422 e. The summed E-state index contributed by atoms with van der Waals surface area (Å²) in [6, 6.07) is 8.62. The molecule has 3 rings (SSSR count). The molecule has 0 aliphatic carbocycles. The highest BCUT2D eigenvalue weighted by atomic mass is 32.1. The average Bonchev–Trinajstić information content (AvgIpc) is 2.89. The minimum Gasteiger partial charge on any atom is -0.422 e. The molecule has 2 aromatic heterocycles. The number of hydrogen-bond donors (Lipinski definition) is 1. The van der Waals surface area contributed by atoms with Crippen LogP contribution in [0, 0.1) is 6.92 Å². The van der Waals surface area contributed by atoms with Gasteiger partial charge in [0, 0.05) is 16.5 Å². The molecule has 106 valence electrons. The van der Waals surface area contributed by atoms with Gasteiger partial charge in [-0.05, 0) is 19.1 Å². The van der Waals surface area contributed by atoms with Crippen molar-refractivity contribution in [2.24, 2.45) is 0 Å². The van der Waals surface area contributed by atoms with Crippen molar-refractivity contribution in [3.8, 4) is 0 Å². The molecule has 0 radical (unpaired) electrons. The second-order valence-corrected chi connectivity index (χ2v) is 5.85. The van der Waals surface area contributed by atoms with E-state index >= 15 is 0 Å². The molecule has 0 unspecified atom stereocenters. The summed E-state index contributed by atoms with van der Waals surface area (Å²) in [6.45, 7) is 2.24. The first-order chi connectivity index (χ1) is 10.1. The van der Waals surface area contributed by atoms with E-state index in [1.165, 1.54) is 11.3 Å². The Morgan fingerprint density at radius 1 is 1.38 bits per heavy atom. The molecular formula is C15H12N2O3S. The molecule has 0 saturated carbocycles. The summed E-state index contributed by atoms with van der Waals surface area (Å²) in [5.41, 5.74) is -0.168. The van der Waals surface area contributed by atoms with Crippen LogP contribution in [0.5, 0.6) is 0 Å². The molecule has 0 fully saturated rings. The number of carbonyl (C=O) groups excluding carboxylic acids is 1. The van der Waals surface area contributed by atoms with Crippen LogP contribution in [-0.4, -0.2) is 10.9 Å². The molecule has 0 aliphatic rings. The van der Waals surface area contributed by atoms with Crippen molar-refractivity contribution < 1.29 is 9.21 Å². The van der Waals surface area contributed by atoms with E-state index in [4.69, 9.17) is 4.42 Å².